The fourth-order valence-corrected chi connectivity index (χ4v) is 4.21. The Bertz CT molecular complexity index is 959. The molecule has 0 spiro atoms. The van der Waals surface area contributed by atoms with E-state index in [4.69, 9.17) is 0 Å². The number of rotatable bonds is 3. The summed E-state index contributed by atoms with van der Waals surface area (Å²) in [5.41, 5.74) is 2.76. The summed E-state index contributed by atoms with van der Waals surface area (Å²) in [5, 5.41) is 3.29. The second kappa shape index (κ2) is 8.17. The molecule has 1 saturated heterocycles. The molecule has 2 unspecified atom stereocenters. The van der Waals surface area contributed by atoms with Gasteiger partial charge in [-0.2, -0.15) is 0 Å². The minimum Gasteiger partial charge on any atom is -0.333 e. The van der Waals surface area contributed by atoms with Crippen LogP contribution in [0.3, 0.4) is 0 Å². The van der Waals surface area contributed by atoms with Gasteiger partial charge in [0.25, 0.3) is 0 Å². The number of nitrogens with zero attached hydrogens (tertiary/aromatic N) is 2. The van der Waals surface area contributed by atoms with E-state index >= 15 is 0 Å². The van der Waals surface area contributed by atoms with Crippen LogP contribution in [0.5, 0.6) is 0 Å². The highest BCUT2D eigenvalue weighted by Crippen LogP contribution is 2.34. The summed E-state index contributed by atoms with van der Waals surface area (Å²) >= 11 is 0. The smallest absolute Gasteiger partial charge is 0.225 e. The van der Waals surface area contributed by atoms with E-state index in [0.717, 1.165) is 16.7 Å². The van der Waals surface area contributed by atoms with E-state index in [1.165, 1.54) is 19.1 Å². The molecule has 2 aromatic rings. The summed E-state index contributed by atoms with van der Waals surface area (Å²) in [5.74, 6) is -0.452. The summed E-state index contributed by atoms with van der Waals surface area (Å²) in [6.07, 6.45) is 3.84. The maximum absolute atomic E-state index is 13.8. The van der Waals surface area contributed by atoms with E-state index in [-0.39, 0.29) is 36.1 Å². The average molecular weight is 393 g/mol. The molecule has 0 bridgehead atoms. The van der Waals surface area contributed by atoms with Crippen molar-refractivity contribution in [2.24, 2.45) is 0 Å². The Morgan fingerprint density at radius 2 is 2.00 bits per heavy atom. The molecule has 0 aliphatic carbocycles. The fraction of sp³-hybridized carbons (Fsp3) is 0.304. The van der Waals surface area contributed by atoms with Gasteiger partial charge in [-0.15, -0.1) is 0 Å². The average Bonchev–Trinajstić information content (AvgIpc) is 2.73. The standard InChI is InChI=1S/C23H24FN3O2/c1-16(28)26-11-9-17-5-2-3-8-20(17)21(26)14-23(29)27-12-10-25-15-22(27)18-6-4-7-19(24)13-18/h2-9,11,13,21-22,25H,10,12,14-15H2,1H3. The van der Waals surface area contributed by atoms with Crippen LogP contribution >= 0.6 is 0 Å². The van der Waals surface area contributed by atoms with Crippen molar-refractivity contribution in [2.45, 2.75) is 25.4 Å². The minimum absolute atomic E-state index is 0.0397. The van der Waals surface area contributed by atoms with Crippen LogP contribution in [0.4, 0.5) is 4.39 Å². The zero-order valence-corrected chi connectivity index (χ0v) is 16.3. The number of halogens is 1. The maximum Gasteiger partial charge on any atom is 0.225 e. The Hall–Kier alpha value is -2.99. The van der Waals surface area contributed by atoms with Crippen LogP contribution in [0.25, 0.3) is 6.08 Å². The van der Waals surface area contributed by atoms with E-state index < -0.39 is 0 Å². The van der Waals surface area contributed by atoms with Gasteiger partial charge in [0.05, 0.1) is 18.5 Å². The summed E-state index contributed by atoms with van der Waals surface area (Å²) in [6, 6.07) is 13.7. The molecule has 2 amide bonds. The molecule has 0 saturated carbocycles. The third kappa shape index (κ3) is 3.93. The molecule has 2 aliphatic heterocycles. The van der Waals surface area contributed by atoms with Crippen LogP contribution in [-0.4, -0.2) is 41.2 Å². The molecule has 150 valence electrons. The molecule has 2 aromatic carbocycles. The highest BCUT2D eigenvalue weighted by molar-refractivity contribution is 5.82. The molecule has 29 heavy (non-hydrogen) atoms. The van der Waals surface area contributed by atoms with Crippen molar-refractivity contribution in [3.05, 3.63) is 77.2 Å². The second-order valence-electron chi connectivity index (χ2n) is 7.45. The lowest BCUT2D eigenvalue weighted by atomic mass is 9.92. The Morgan fingerprint density at radius 1 is 1.17 bits per heavy atom. The van der Waals surface area contributed by atoms with Crippen LogP contribution in [-0.2, 0) is 9.59 Å². The summed E-state index contributed by atoms with van der Waals surface area (Å²) < 4.78 is 13.8. The van der Waals surface area contributed by atoms with Gasteiger partial charge in [0, 0.05) is 32.8 Å². The van der Waals surface area contributed by atoms with Gasteiger partial charge in [-0.3, -0.25) is 9.59 Å². The Balaban J connectivity index is 1.61. The van der Waals surface area contributed by atoms with E-state index in [2.05, 4.69) is 5.32 Å². The van der Waals surface area contributed by atoms with Gasteiger partial charge in [0.1, 0.15) is 5.82 Å². The number of benzene rings is 2. The molecule has 0 radical (unpaired) electrons. The molecule has 2 heterocycles. The number of fused-ring (bicyclic) bond motifs is 1. The molecule has 2 aliphatic rings. The lowest BCUT2D eigenvalue weighted by Gasteiger charge is -2.39. The number of amides is 2. The summed E-state index contributed by atoms with van der Waals surface area (Å²) in [7, 11) is 0. The van der Waals surface area contributed by atoms with Gasteiger partial charge in [-0.1, -0.05) is 36.4 Å². The van der Waals surface area contributed by atoms with Crippen LogP contribution in [0.15, 0.2) is 54.7 Å². The number of hydrogen-bond donors (Lipinski definition) is 1. The first-order valence-electron chi connectivity index (χ1n) is 9.86. The van der Waals surface area contributed by atoms with Crippen LogP contribution in [0, 0.1) is 5.82 Å². The lowest BCUT2D eigenvalue weighted by molar-refractivity contribution is -0.137. The van der Waals surface area contributed by atoms with Crippen molar-refractivity contribution in [3.8, 4) is 0 Å². The largest absolute Gasteiger partial charge is 0.333 e. The molecular weight excluding hydrogens is 369 g/mol. The molecule has 0 aromatic heterocycles. The van der Waals surface area contributed by atoms with Gasteiger partial charge in [-0.05, 0) is 34.9 Å². The Morgan fingerprint density at radius 3 is 2.79 bits per heavy atom. The highest BCUT2D eigenvalue weighted by atomic mass is 19.1. The zero-order chi connectivity index (χ0) is 20.4. The number of piperazine rings is 1. The van der Waals surface area contributed by atoms with Gasteiger partial charge in [0.2, 0.25) is 11.8 Å². The lowest BCUT2D eigenvalue weighted by Crippen LogP contribution is -2.49. The first-order chi connectivity index (χ1) is 14.0. The molecule has 1 fully saturated rings. The van der Waals surface area contributed by atoms with Crippen molar-refractivity contribution in [1.82, 2.24) is 15.1 Å². The van der Waals surface area contributed by atoms with Crippen LogP contribution in [0.1, 0.15) is 42.1 Å². The predicted octanol–water partition coefficient (Wildman–Crippen LogP) is 3.26. The van der Waals surface area contributed by atoms with Gasteiger partial charge in [0.15, 0.2) is 0 Å². The van der Waals surface area contributed by atoms with E-state index in [0.29, 0.717) is 19.6 Å². The van der Waals surface area contributed by atoms with Crippen molar-refractivity contribution in [3.63, 3.8) is 0 Å². The minimum atomic E-state index is -0.343. The Labute approximate surface area is 169 Å². The van der Waals surface area contributed by atoms with Crippen LogP contribution < -0.4 is 5.32 Å². The van der Waals surface area contributed by atoms with Crippen molar-refractivity contribution < 1.29 is 14.0 Å². The quantitative estimate of drug-likeness (QED) is 0.871. The number of hydrogen-bond acceptors (Lipinski definition) is 3. The van der Waals surface area contributed by atoms with Crippen molar-refractivity contribution in [2.75, 3.05) is 19.6 Å². The SMILES string of the molecule is CC(=O)N1C=Cc2ccccc2C1CC(=O)N1CCNCC1c1cccc(F)c1. The second-order valence-corrected chi connectivity index (χ2v) is 7.45. The van der Waals surface area contributed by atoms with Gasteiger partial charge in [-0.25, -0.2) is 4.39 Å². The highest BCUT2D eigenvalue weighted by Gasteiger charge is 2.33. The topological polar surface area (TPSA) is 52.7 Å². The third-order valence-electron chi connectivity index (χ3n) is 5.63. The Kier molecular flexibility index (Phi) is 5.45. The fourth-order valence-electron chi connectivity index (χ4n) is 4.21. The molecule has 1 N–H and O–H groups in total. The normalized spacial score (nSPS) is 21.0. The van der Waals surface area contributed by atoms with Crippen molar-refractivity contribution in [1.29, 1.82) is 0 Å². The third-order valence-corrected chi connectivity index (χ3v) is 5.63. The van der Waals surface area contributed by atoms with Gasteiger partial charge < -0.3 is 15.1 Å². The van der Waals surface area contributed by atoms with E-state index in [1.807, 2.05) is 41.3 Å². The van der Waals surface area contributed by atoms with Crippen LogP contribution in [0.2, 0.25) is 0 Å². The molecule has 6 heteroatoms. The monoisotopic (exact) mass is 393 g/mol. The van der Waals surface area contributed by atoms with E-state index in [9.17, 15) is 14.0 Å². The summed E-state index contributed by atoms with van der Waals surface area (Å²) in [6.45, 7) is 3.32. The van der Waals surface area contributed by atoms with E-state index in [1.54, 1.807) is 17.2 Å². The maximum atomic E-state index is 13.8. The number of nitrogens with one attached hydrogen (secondary N) is 1. The molecular formula is C23H24FN3O2. The van der Waals surface area contributed by atoms with Crippen molar-refractivity contribution >= 4 is 17.9 Å². The molecule has 2 atom stereocenters. The first-order valence-corrected chi connectivity index (χ1v) is 9.86. The first kappa shape index (κ1) is 19.3. The van der Waals surface area contributed by atoms with Gasteiger partial charge >= 0.3 is 0 Å². The zero-order valence-electron chi connectivity index (χ0n) is 16.3. The predicted molar refractivity (Wildman–Crippen MR) is 109 cm³/mol. The number of carbonyl (C=O) groups excluding carboxylic acids is 2. The molecule has 4 rings (SSSR count). The number of carbonyl (C=O) groups is 2. The summed E-state index contributed by atoms with van der Waals surface area (Å²) in [4.78, 5) is 29.0. The molecule has 5 nitrogen and oxygen atoms in total.